The van der Waals surface area contributed by atoms with Crippen LogP contribution < -0.4 is 10.6 Å². The molecule has 1 amide bonds. The molecular weight excluding hydrogens is 286 g/mol. The minimum Gasteiger partial charge on any atom is -0.369 e. The summed E-state index contributed by atoms with van der Waals surface area (Å²) in [7, 11) is 0. The molecule has 2 aromatic rings. The standard InChI is InChI=1S/C14H19N5OS/c1-4-7-15-12-6-5-11(18-19-12)13(20)17-10(3)14-16-9(2)8-21-14/h5-6,8,10H,4,7H2,1-3H3,(H,15,19)(H,17,20). The van der Waals surface area contributed by atoms with Crippen molar-refractivity contribution >= 4 is 23.1 Å². The Balaban J connectivity index is 1.96. The molecular formula is C14H19N5OS. The molecule has 0 fully saturated rings. The third-order valence-electron chi connectivity index (χ3n) is 2.81. The molecule has 1 unspecified atom stereocenters. The van der Waals surface area contributed by atoms with Crippen molar-refractivity contribution in [3.63, 3.8) is 0 Å². The highest BCUT2D eigenvalue weighted by molar-refractivity contribution is 7.09. The van der Waals surface area contributed by atoms with Gasteiger partial charge in [0.15, 0.2) is 5.69 Å². The van der Waals surface area contributed by atoms with Gasteiger partial charge < -0.3 is 10.6 Å². The van der Waals surface area contributed by atoms with Crippen molar-refractivity contribution in [2.75, 3.05) is 11.9 Å². The number of anilines is 1. The van der Waals surface area contributed by atoms with Crippen LogP contribution in [0.25, 0.3) is 0 Å². The zero-order chi connectivity index (χ0) is 15.2. The molecule has 7 heteroatoms. The highest BCUT2D eigenvalue weighted by atomic mass is 32.1. The first-order valence-electron chi connectivity index (χ1n) is 6.90. The second-order valence-electron chi connectivity index (χ2n) is 4.75. The number of carbonyl (C=O) groups is 1. The summed E-state index contributed by atoms with van der Waals surface area (Å²) >= 11 is 1.53. The topological polar surface area (TPSA) is 79.8 Å². The molecule has 0 saturated carbocycles. The number of carbonyl (C=O) groups excluding carboxylic acids is 1. The Kier molecular flexibility index (Phi) is 5.21. The number of hydrogen-bond donors (Lipinski definition) is 2. The van der Waals surface area contributed by atoms with Gasteiger partial charge in [0.1, 0.15) is 10.8 Å². The Hall–Kier alpha value is -2.02. The first-order valence-corrected chi connectivity index (χ1v) is 7.78. The Morgan fingerprint density at radius 2 is 2.19 bits per heavy atom. The maximum absolute atomic E-state index is 12.1. The van der Waals surface area contributed by atoms with E-state index in [2.05, 4.69) is 32.7 Å². The molecule has 21 heavy (non-hydrogen) atoms. The number of thiazole rings is 1. The number of amides is 1. The Labute approximate surface area is 128 Å². The summed E-state index contributed by atoms with van der Waals surface area (Å²) in [4.78, 5) is 16.5. The van der Waals surface area contributed by atoms with Crippen molar-refractivity contribution < 1.29 is 4.79 Å². The van der Waals surface area contributed by atoms with Crippen molar-refractivity contribution in [1.82, 2.24) is 20.5 Å². The van der Waals surface area contributed by atoms with E-state index in [-0.39, 0.29) is 11.9 Å². The van der Waals surface area contributed by atoms with Crippen molar-refractivity contribution in [2.24, 2.45) is 0 Å². The molecule has 0 aliphatic rings. The quantitative estimate of drug-likeness (QED) is 0.857. The number of hydrogen-bond acceptors (Lipinski definition) is 6. The molecule has 0 aromatic carbocycles. The second-order valence-corrected chi connectivity index (χ2v) is 5.64. The van der Waals surface area contributed by atoms with E-state index >= 15 is 0 Å². The smallest absolute Gasteiger partial charge is 0.272 e. The van der Waals surface area contributed by atoms with Gasteiger partial charge in [-0.25, -0.2) is 4.98 Å². The van der Waals surface area contributed by atoms with Crippen LogP contribution in [0, 0.1) is 6.92 Å². The van der Waals surface area contributed by atoms with Gasteiger partial charge in [-0.15, -0.1) is 21.5 Å². The van der Waals surface area contributed by atoms with Crippen molar-refractivity contribution in [3.05, 3.63) is 33.9 Å². The molecule has 0 radical (unpaired) electrons. The summed E-state index contributed by atoms with van der Waals surface area (Å²) in [5.41, 5.74) is 1.26. The molecule has 0 spiro atoms. The Morgan fingerprint density at radius 1 is 1.38 bits per heavy atom. The van der Waals surface area contributed by atoms with Crippen molar-refractivity contribution in [3.8, 4) is 0 Å². The molecule has 2 heterocycles. The van der Waals surface area contributed by atoms with Crippen LogP contribution in [0.15, 0.2) is 17.5 Å². The van der Waals surface area contributed by atoms with E-state index in [0.29, 0.717) is 11.5 Å². The van der Waals surface area contributed by atoms with Gasteiger partial charge >= 0.3 is 0 Å². The maximum atomic E-state index is 12.1. The lowest BCUT2D eigenvalue weighted by Gasteiger charge is -2.10. The van der Waals surface area contributed by atoms with E-state index in [9.17, 15) is 4.79 Å². The normalized spacial score (nSPS) is 12.0. The van der Waals surface area contributed by atoms with Gasteiger partial charge in [-0.05, 0) is 32.4 Å². The molecule has 0 bridgehead atoms. The number of aryl methyl sites for hydroxylation is 1. The van der Waals surface area contributed by atoms with E-state index in [1.54, 1.807) is 12.1 Å². The summed E-state index contributed by atoms with van der Waals surface area (Å²) in [6.45, 7) is 6.74. The summed E-state index contributed by atoms with van der Waals surface area (Å²) < 4.78 is 0. The minimum atomic E-state index is -0.245. The lowest BCUT2D eigenvalue weighted by Crippen LogP contribution is -2.27. The van der Waals surface area contributed by atoms with Crippen LogP contribution >= 0.6 is 11.3 Å². The summed E-state index contributed by atoms with van der Waals surface area (Å²) in [6.07, 6.45) is 1.01. The van der Waals surface area contributed by atoms with Crippen LogP contribution in [0.2, 0.25) is 0 Å². The second kappa shape index (κ2) is 7.12. The van der Waals surface area contributed by atoms with E-state index in [1.807, 2.05) is 19.2 Å². The van der Waals surface area contributed by atoms with E-state index in [4.69, 9.17) is 0 Å². The van der Waals surface area contributed by atoms with E-state index in [0.717, 1.165) is 23.7 Å². The van der Waals surface area contributed by atoms with Gasteiger partial charge in [0.2, 0.25) is 0 Å². The van der Waals surface area contributed by atoms with E-state index in [1.165, 1.54) is 11.3 Å². The van der Waals surface area contributed by atoms with Crippen molar-refractivity contribution in [2.45, 2.75) is 33.2 Å². The number of nitrogens with one attached hydrogen (secondary N) is 2. The maximum Gasteiger partial charge on any atom is 0.272 e. The van der Waals surface area contributed by atoms with Gasteiger partial charge in [0, 0.05) is 17.6 Å². The fraction of sp³-hybridized carbons (Fsp3) is 0.429. The molecule has 112 valence electrons. The van der Waals surface area contributed by atoms with Crippen LogP contribution in [-0.2, 0) is 0 Å². The molecule has 2 N–H and O–H groups in total. The van der Waals surface area contributed by atoms with Gasteiger partial charge in [0.05, 0.1) is 6.04 Å². The zero-order valence-electron chi connectivity index (χ0n) is 12.4. The molecule has 0 aliphatic heterocycles. The van der Waals surface area contributed by atoms with Crippen molar-refractivity contribution in [1.29, 1.82) is 0 Å². The average Bonchev–Trinajstić information content (AvgIpc) is 2.92. The van der Waals surface area contributed by atoms with Gasteiger partial charge in [-0.2, -0.15) is 0 Å². The molecule has 2 aromatic heterocycles. The lowest BCUT2D eigenvalue weighted by molar-refractivity contribution is 0.0934. The van der Waals surface area contributed by atoms with Gasteiger partial charge in [0.25, 0.3) is 5.91 Å². The average molecular weight is 305 g/mol. The van der Waals surface area contributed by atoms with Crippen LogP contribution in [0.3, 0.4) is 0 Å². The fourth-order valence-corrected chi connectivity index (χ4v) is 2.51. The highest BCUT2D eigenvalue weighted by Crippen LogP contribution is 2.17. The highest BCUT2D eigenvalue weighted by Gasteiger charge is 2.15. The molecule has 0 saturated heterocycles. The predicted octanol–water partition coefficient (Wildman–Crippen LogP) is 2.55. The van der Waals surface area contributed by atoms with Gasteiger partial charge in [-0.1, -0.05) is 6.92 Å². The third-order valence-corrected chi connectivity index (χ3v) is 3.95. The summed E-state index contributed by atoms with van der Waals surface area (Å²) in [6, 6.07) is 3.28. The SMILES string of the molecule is CCCNc1ccc(C(=O)NC(C)c2nc(C)cs2)nn1. The number of rotatable bonds is 6. The lowest BCUT2D eigenvalue weighted by atomic mass is 10.3. The number of nitrogens with zero attached hydrogens (tertiary/aromatic N) is 3. The third kappa shape index (κ3) is 4.22. The number of aromatic nitrogens is 3. The largest absolute Gasteiger partial charge is 0.369 e. The molecule has 0 aliphatic carbocycles. The minimum absolute atomic E-state index is 0.143. The first-order chi connectivity index (χ1) is 10.1. The van der Waals surface area contributed by atoms with Gasteiger partial charge in [-0.3, -0.25) is 4.79 Å². The van der Waals surface area contributed by atoms with Crippen LogP contribution in [-0.4, -0.2) is 27.6 Å². The first kappa shape index (κ1) is 15.4. The molecule has 1 atom stereocenters. The fourth-order valence-electron chi connectivity index (χ4n) is 1.70. The molecule has 6 nitrogen and oxygen atoms in total. The van der Waals surface area contributed by atoms with Crippen LogP contribution in [0.5, 0.6) is 0 Å². The summed E-state index contributed by atoms with van der Waals surface area (Å²) in [5.74, 6) is 0.432. The van der Waals surface area contributed by atoms with E-state index < -0.39 is 0 Å². The van der Waals surface area contributed by atoms with Crippen LogP contribution in [0.1, 0.15) is 47.5 Å². The predicted molar refractivity (Wildman–Crippen MR) is 83.5 cm³/mol. The Bertz CT molecular complexity index is 596. The monoisotopic (exact) mass is 305 g/mol. The zero-order valence-corrected chi connectivity index (χ0v) is 13.2. The summed E-state index contributed by atoms with van der Waals surface area (Å²) in [5, 5.41) is 16.8. The molecule has 2 rings (SSSR count). The Morgan fingerprint density at radius 3 is 2.76 bits per heavy atom. The van der Waals surface area contributed by atoms with Crippen LogP contribution in [0.4, 0.5) is 5.82 Å².